The van der Waals surface area contributed by atoms with Gasteiger partial charge in [0.25, 0.3) is 0 Å². The Labute approximate surface area is 147 Å². The fourth-order valence-electron chi connectivity index (χ4n) is 2.74. The van der Waals surface area contributed by atoms with Crippen LogP contribution in [0.25, 0.3) is 0 Å². The first-order valence-electron chi connectivity index (χ1n) is 7.57. The van der Waals surface area contributed by atoms with Gasteiger partial charge in [0.2, 0.25) is 11.8 Å². The molecule has 0 saturated carbocycles. The summed E-state index contributed by atoms with van der Waals surface area (Å²) >= 11 is 3.41. The van der Waals surface area contributed by atoms with E-state index in [1.807, 2.05) is 25.1 Å². The highest BCUT2D eigenvalue weighted by atomic mass is 79.9. The number of aryl methyl sites for hydroxylation is 1. The molecule has 2 amide bonds. The van der Waals surface area contributed by atoms with Crippen molar-refractivity contribution in [3.63, 3.8) is 0 Å². The molecule has 0 radical (unpaired) electrons. The molecule has 6 heteroatoms. The Morgan fingerprint density at radius 3 is 2.75 bits per heavy atom. The van der Waals surface area contributed by atoms with E-state index in [2.05, 4.69) is 21.2 Å². The summed E-state index contributed by atoms with van der Waals surface area (Å²) in [6, 6.07) is 11.7. The third kappa shape index (κ3) is 3.33. The number of hydrogen-bond acceptors (Lipinski definition) is 2. The third-order valence-corrected chi connectivity index (χ3v) is 4.68. The van der Waals surface area contributed by atoms with Crippen LogP contribution in [0.4, 0.5) is 15.8 Å². The Morgan fingerprint density at radius 2 is 2.04 bits per heavy atom. The number of anilines is 2. The summed E-state index contributed by atoms with van der Waals surface area (Å²) < 4.78 is 14.7. The third-order valence-electron chi connectivity index (χ3n) is 4.02. The Bertz CT molecular complexity index is 809. The van der Waals surface area contributed by atoms with Gasteiger partial charge in [-0.2, -0.15) is 0 Å². The van der Waals surface area contributed by atoms with Crippen LogP contribution < -0.4 is 10.2 Å². The van der Waals surface area contributed by atoms with Gasteiger partial charge in [-0.05, 0) is 52.7 Å². The van der Waals surface area contributed by atoms with Crippen molar-refractivity contribution in [3.05, 3.63) is 58.3 Å². The van der Waals surface area contributed by atoms with E-state index >= 15 is 0 Å². The second-order valence-corrected chi connectivity index (χ2v) is 6.68. The lowest BCUT2D eigenvalue weighted by Crippen LogP contribution is -2.28. The molecule has 124 valence electrons. The van der Waals surface area contributed by atoms with E-state index in [0.29, 0.717) is 5.69 Å². The summed E-state index contributed by atoms with van der Waals surface area (Å²) in [5.41, 5.74) is 1.94. The highest BCUT2D eigenvalue weighted by molar-refractivity contribution is 9.10. The van der Waals surface area contributed by atoms with Crippen LogP contribution in [-0.2, 0) is 9.59 Å². The van der Waals surface area contributed by atoms with Crippen LogP contribution in [0.15, 0.2) is 46.9 Å². The molecular formula is C18H16BrFN2O2. The fraction of sp³-hybridized carbons (Fsp3) is 0.222. The van der Waals surface area contributed by atoms with Gasteiger partial charge in [0, 0.05) is 17.4 Å². The van der Waals surface area contributed by atoms with Gasteiger partial charge in [-0.15, -0.1) is 0 Å². The molecular weight excluding hydrogens is 375 g/mol. The highest BCUT2D eigenvalue weighted by Gasteiger charge is 2.36. The Kier molecular flexibility index (Phi) is 4.66. The molecule has 3 rings (SSSR count). The molecule has 0 aliphatic carbocycles. The zero-order valence-corrected chi connectivity index (χ0v) is 14.6. The number of nitrogens with zero attached hydrogens (tertiary/aromatic N) is 1. The van der Waals surface area contributed by atoms with Crippen molar-refractivity contribution in [2.75, 3.05) is 16.8 Å². The molecule has 1 unspecified atom stereocenters. The van der Waals surface area contributed by atoms with Gasteiger partial charge in [0.15, 0.2) is 0 Å². The number of benzene rings is 2. The van der Waals surface area contributed by atoms with Crippen molar-refractivity contribution < 1.29 is 14.0 Å². The lowest BCUT2D eigenvalue weighted by Gasteiger charge is -2.17. The van der Waals surface area contributed by atoms with Crippen molar-refractivity contribution >= 4 is 39.1 Å². The quantitative estimate of drug-likeness (QED) is 0.863. The summed E-state index contributed by atoms with van der Waals surface area (Å²) in [6.45, 7) is 2.13. The van der Waals surface area contributed by atoms with Crippen molar-refractivity contribution in [3.8, 4) is 0 Å². The van der Waals surface area contributed by atoms with Crippen LogP contribution in [0.5, 0.6) is 0 Å². The predicted octanol–water partition coefficient (Wildman–Crippen LogP) is 3.89. The molecule has 1 N–H and O–H groups in total. The van der Waals surface area contributed by atoms with E-state index in [9.17, 15) is 14.0 Å². The second kappa shape index (κ2) is 6.73. The minimum absolute atomic E-state index is 0.0731. The molecule has 24 heavy (non-hydrogen) atoms. The molecule has 2 aromatic rings. The largest absolute Gasteiger partial charge is 0.325 e. The van der Waals surface area contributed by atoms with Crippen LogP contribution >= 0.6 is 15.9 Å². The molecule has 4 nitrogen and oxygen atoms in total. The molecule has 1 aliphatic rings. The topological polar surface area (TPSA) is 49.4 Å². The number of nitrogens with one attached hydrogen (secondary N) is 1. The summed E-state index contributed by atoms with van der Waals surface area (Å²) in [5, 5.41) is 2.83. The Morgan fingerprint density at radius 1 is 1.29 bits per heavy atom. The second-order valence-electron chi connectivity index (χ2n) is 5.83. The zero-order chi connectivity index (χ0) is 17.3. The normalized spacial score (nSPS) is 17.2. The van der Waals surface area contributed by atoms with Crippen molar-refractivity contribution in [2.45, 2.75) is 13.3 Å². The smallest absolute Gasteiger partial charge is 0.229 e. The van der Waals surface area contributed by atoms with Crippen molar-refractivity contribution in [1.82, 2.24) is 0 Å². The highest BCUT2D eigenvalue weighted by Crippen LogP contribution is 2.29. The first-order chi connectivity index (χ1) is 11.5. The molecule has 1 aliphatic heterocycles. The van der Waals surface area contributed by atoms with Gasteiger partial charge in [0.05, 0.1) is 17.3 Å². The maximum Gasteiger partial charge on any atom is 0.229 e. The standard InChI is InChI=1S/C18H16BrFN2O2/c1-11-6-7-15(13(19)8-11)21-18(24)12-9-17(23)22(10-12)16-5-3-2-4-14(16)20/h2-8,12H,9-10H2,1H3,(H,21,24). The van der Waals surface area contributed by atoms with Gasteiger partial charge >= 0.3 is 0 Å². The molecule has 1 saturated heterocycles. The minimum Gasteiger partial charge on any atom is -0.325 e. The molecule has 1 heterocycles. The molecule has 2 aromatic carbocycles. The average Bonchev–Trinajstić information content (AvgIpc) is 2.92. The van der Waals surface area contributed by atoms with E-state index < -0.39 is 11.7 Å². The Balaban J connectivity index is 1.73. The molecule has 0 spiro atoms. The molecule has 0 aromatic heterocycles. The predicted molar refractivity (Wildman–Crippen MR) is 94.4 cm³/mol. The molecule has 1 atom stereocenters. The SMILES string of the molecule is Cc1ccc(NC(=O)C2CC(=O)N(c3ccccc3F)C2)c(Br)c1. The van der Waals surface area contributed by atoms with Gasteiger partial charge in [-0.25, -0.2) is 4.39 Å². The summed E-state index contributed by atoms with van der Waals surface area (Å²) in [6.07, 6.45) is 0.0731. The van der Waals surface area contributed by atoms with Gasteiger partial charge < -0.3 is 10.2 Å². The Hall–Kier alpha value is -2.21. The van der Waals surface area contributed by atoms with Crippen molar-refractivity contribution in [1.29, 1.82) is 0 Å². The molecule has 0 bridgehead atoms. The maximum absolute atomic E-state index is 13.9. The van der Waals surface area contributed by atoms with E-state index in [4.69, 9.17) is 0 Å². The minimum atomic E-state index is -0.509. The van der Waals surface area contributed by atoms with Crippen LogP contribution in [0.1, 0.15) is 12.0 Å². The first kappa shape index (κ1) is 16.6. The maximum atomic E-state index is 13.9. The van der Waals surface area contributed by atoms with E-state index in [1.54, 1.807) is 18.2 Å². The number of halogens is 2. The number of carbonyl (C=O) groups excluding carboxylic acids is 2. The van der Waals surface area contributed by atoms with Gasteiger partial charge in [0.1, 0.15) is 5.82 Å². The van der Waals surface area contributed by atoms with E-state index in [0.717, 1.165) is 10.0 Å². The van der Waals surface area contributed by atoms with Crippen molar-refractivity contribution in [2.24, 2.45) is 5.92 Å². The molecule has 1 fully saturated rings. The average molecular weight is 391 g/mol. The number of amides is 2. The fourth-order valence-corrected chi connectivity index (χ4v) is 3.34. The van der Waals surface area contributed by atoms with E-state index in [1.165, 1.54) is 11.0 Å². The number of para-hydroxylation sites is 1. The first-order valence-corrected chi connectivity index (χ1v) is 8.37. The lowest BCUT2D eigenvalue weighted by atomic mass is 10.1. The van der Waals surface area contributed by atoms with Crippen LogP contribution in [0.2, 0.25) is 0 Å². The van der Waals surface area contributed by atoms with Gasteiger partial charge in [-0.3, -0.25) is 9.59 Å². The zero-order valence-electron chi connectivity index (χ0n) is 13.1. The van der Waals surface area contributed by atoms with Crippen LogP contribution in [-0.4, -0.2) is 18.4 Å². The van der Waals surface area contributed by atoms with Gasteiger partial charge in [-0.1, -0.05) is 18.2 Å². The van der Waals surface area contributed by atoms with Crippen LogP contribution in [0, 0.1) is 18.7 Å². The summed E-state index contributed by atoms with van der Waals surface area (Å²) in [5.74, 6) is -1.46. The number of hydrogen-bond donors (Lipinski definition) is 1. The summed E-state index contributed by atoms with van der Waals surface area (Å²) in [7, 11) is 0. The summed E-state index contributed by atoms with van der Waals surface area (Å²) in [4.78, 5) is 26.0. The monoisotopic (exact) mass is 390 g/mol. The lowest BCUT2D eigenvalue weighted by molar-refractivity contribution is -0.122. The van der Waals surface area contributed by atoms with E-state index in [-0.39, 0.29) is 30.5 Å². The van der Waals surface area contributed by atoms with Crippen LogP contribution in [0.3, 0.4) is 0 Å². The number of rotatable bonds is 3. The number of carbonyl (C=O) groups is 2.